The predicted octanol–water partition coefficient (Wildman–Crippen LogP) is 0.752. The van der Waals surface area contributed by atoms with Gasteiger partial charge in [-0.2, -0.15) is 23.3 Å². The third kappa shape index (κ3) is 2.89. The Bertz CT molecular complexity index is 575. The fraction of sp³-hybridized carbons (Fsp3) is 0.333. The molecule has 0 aliphatic heterocycles. The zero-order valence-corrected chi connectivity index (χ0v) is 9.60. The van der Waals surface area contributed by atoms with Crippen molar-refractivity contribution >= 4 is 5.91 Å². The van der Waals surface area contributed by atoms with Gasteiger partial charge in [0.15, 0.2) is 12.0 Å². The summed E-state index contributed by atoms with van der Waals surface area (Å²) in [7, 11) is 1.30. The molecule has 7 nitrogen and oxygen atoms in total. The van der Waals surface area contributed by atoms with Gasteiger partial charge in [-0.3, -0.25) is 9.48 Å². The van der Waals surface area contributed by atoms with E-state index in [9.17, 15) is 18.0 Å². The van der Waals surface area contributed by atoms with Crippen molar-refractivity contribution in [2.75, 3.05) is 0 Å². The molecule has 0 aliphatic carbocycles. The molecule has 0 spiro atoms. The van der Waals surface area contributed by atoms with Gasteiger partial charge in [-0.1, -0.05) is 5.16 Å². The van der Waals surface area contributed by atoms with Crippen LogP contribution in [0.1, 0.15) is 21.9 Å². The summed E-state index contributed by atoms with van der Waals surface area (Å²) in [4.78, 5) is 15.3. The normalized spacial score (nSPS) is 11.6. The maximum Gasteiger partial charge on any atom is 0.435 e. The molecule has 2 heterocycles. The van der Waals surface area contributed by atoms with Gasteiger partial charge in [0.05, 0.1) is 12.1 Å². The maximum absolute atomic E-state index is 12.6. The van der Waals surface area contributed by atoms with E-state index in [-0.39, 0.29) is 12.4 Å². The quantitative estimate of drug-likeness (QED) is 0.893. The molecule has 1 amide bonds. The molecule has 2 rings (SSSR count). The second-order valence-electron chi connectivity index (χ2n) is 3.58. The summed E-state index contributed by atoms with van der Waals surface area (Å²) < 4.78 is 43.4. The molecule has 0 atom stereocenters. The molecule has 0 aromatic carbocycles. The Labute approximate surface area is 104 Å². The number of alkyl halides is 3. The van der Waals surface area contributed by atoms with Crippen LogP contribution in [0, 0.1) is 0 Å². The number of carbonyl (C=O) groups excluding carboxylic acids is 1. The molecule has 2 aromatic heterocycles. The Morgan fingerprint density at radius 3 is 2.84 bits per heavy atom. The summed E-state index contributed by atoms with van der Waals surface area (Å²) in [5.74, 6) is -0.829. The molecule has 0 saturated heterocycles. The average Bonchev–Trinajstić information content (AvgIpc) is 2.93. The fourth-order valence-corrected chi connectivity index (χ4v) is 1.39. The predicted molar refractivity (Wildman–Crippen MR) is 53.7 cm³/mol. The van der Waals surface area contributed by atoms with E-state index in [1.54, 1.807) is 0 Å². The zero-order valence-electron chi connectivity index (χ0n) is 9.60. The van der Waals surface area contributed by atoms with E-state index in [1.807, 2.05) is 0 Å². The molecule has 19 heavy (non-hydrogen) atoms. The van der Waals surface area contributed by atoms with Crippen molar-refractivity contribution < 1.29 is 22.5 Å². The van der Waals surface area contributed by atoms with Crippen molar-refractivity contribution in [1.82, 2.24) is 25.2 Å². The molecule has 0 fully saturated rings. The number of hydrogen-bond donors (Lipinski definition) is 1. The number of halogens is 3. The highest BCUT2D eigenvalue weighted by Gasteiger charge is 2.38. The number of amides is 1. The second-order valence-corrected chi connectivity index (χ2v) is 3.58. The third-order valence-corrected chi connectivity index (χ3v) is 2.15. The Hall–Kier alpha value is -2.39. The van der Waals surface area contributed by atoms with Gasteiger partial charge in [0.2, 0.25) is 5.89 Å². The average molecular weight is 275 g/mol. The van der Waals surface area contributed by atoms with Crippen molar-refractivity contribution in [3.8, 4) is 0 Å². The summed E-state index contributed by atoms with van der Waals surface area (Å²) in [5, 5.41) is 8.77. The molecular weight excluding hydrogens is 267 g/mol. The lowest BCUT2D eigenvalue weighted by molar-refractivity contribution is -0.141. The van der Waals surface area contributed by atoms with E-state index < -0.39 is 23.3 Å². The van der Waals surface area contributed by atoms with Crippen LogP contribution in [0.25, 0.3) is 0 Å². The number of aromatic nitrogens is 4. The number of hydrogen-bond acceptors (Lipinski definition) is 5. The van der Waals surface area contributed by atoms with Crippen molar-refractivity contribution in [1.29, 1.82) is 0 Å². The van der Waals surface area contributed by atoms with Gasteiger partial charge in [0, 0.05) is 13.2 Å². The molecule has 10 heteroatoms. The van der Waals surface area contributed by atoms with E-state index >= 15 is 0 Å². The zero-order chi connectivity index (χ0) is 14.0. The molecule has 0 unspecified atom stereocenters. The first kappa shape index (κ1) is 13.1. The van der Waals surface area contributed by atoms with Gasteiger partial charge >= 0.3 is 6.18 Å². The van der Waals surface area contributed by atoms with Gasteiger partial charge in [-0.05, 0) is 0 Å². The summed E-state index contributed by atoms with van der Waals surface area (Å²) in [5.41, 5.74) is -1.80. The minimum Gasteiger partial charge on any atom is -0.343 e. The number of aryl methyl sites for hydroxylation is 1. The first-order valence-corrected chi connectivity index (χ1v) is 5.02. The molecular formula is C9H8F3N5O2. The lowest BCUT2D eigenvalue weighted by Gasteiger charge is -2.05. The van der Waals surface area contributed by atoms with E-state index in [0.717, 1.165) is 17.2 Å². The SMILES string of the molecule is Cn1cc(C(=O)NCc2ncno2)c(C(F)(F)F)n1. The smallest absolute Gasteiger partial charge is 0.343 e. The van der Waals surface area contributed by atoms with Crippen LogP contribution in [-0.4, -0.2) is 25.8 Å². The first-order chi connectivity index (χ1) is 8.88. The van der Waals surface area contributed by atoms with Crippen molar-refractivity contribution in [3.63, 3.8) is 0 Å². The van der Waals surface area contributed by atoms with Crippen LogP contribution in [-0.2, 0) is 19.8 Å². The summed E-state index contributed by atoms with van der Waals surface area (Å²) >= 11 is 0. The Balaban J connectivity index is 2.15. The molecule has 2 aromatic rings. The molecule has 0 bridgehead atoms. The van der Waals surface area contributed by atoms with Gasteiger partial charge in [-0.15, -0.1) is 0 Å². The van der Waals surface area contributed by atoms with Crippen LogP contribution in [0.2, 0.25) is 0 Å². The Kier molecular flexibility index (Phi) is 3.23. The highest BCUT2D eigenvalue weighted by molar-refractivity contribution is 5.95. The van der Waals surface area contributed by atoms with Crippen LogP contribution in [0.15, 0.2) is 17.0 Å². The lowest BCUT2D eigenvalue weighted by atomic mass is 10.2. The first-order valence-electron chi connectivity index (χ1n) is 5.02. The fourth-order valence-electron chi connectivity index (χ4n) is 1.39. The number of nitrogens with zero attached hydrogens (tertiary/aromatic N) is 4. The van der Waals surface area contributed by atoms with Crippen LogP contribution >= 0.6 is 0 Å². The van der Waals surface area contributed by atoms with Gasteiger partial charge in [-0.25, -0.2) is 0 Å². The second kappa shape index (κ2) is 4.71. The van der Waals surface area contributed by atoms with E-state index in [4.69, 9.17) is 0 Å². The largest absolute Gasteiger partial charge is 0.435 e. The van der Waals surface area contributed by atoms with Gasteiger partial charge in [0.1, 0.15) is 0 Å². The molecule has 0 saturated carbocycles. The number of rotatable bonds is 3. The van der Waals surface area contributed by atoms with Crippen molar-refractivity contribution in [2.24, 2.45) is 7.05 Å². The van der Waals surface area contributed by atoms with Gasteiger partial charge in [0.25, 0.3) is 5.91 Å². The molecule has 0 aliphatic rings. The lowest BCUT2D eigenvalue weighted by Crippen LogP contribution is -2.25. The van der Waals surface area contributed by atoms with Crippen LogP contribution in [0.3, 0.4) is 0 Å². The molecule has 1 N–H and O–H groups in total. The third-order valence-electron chi connectivity index (χ3n) is 2.15. The summed E-state index contributed by atoms with van der Waals surface area (Å²) in [6.07, 6.45) is -2.59. The minimum absolute atomic E-state index is 0.0887. The van der Waals surface area contributed by atoms with E-state index in [1.165, 1.54) is 7.05 Å². The summed E-state index contributed by atoms with van der Waals surface area (Å²) in [6, 6.07) is 0. The topological polar surface area (TPSA) is 85.8 Å². The van der Waals surface area contributed by atoms with Crippen molar-refractivity contribution in [3.05, 3.63) is 29.7 Å². The van der Waals surface area contributed by atoms with Crippen LogP contribution in [0.5, 0.6) is 0 Å². The van der Waals surface area contributed by atoms with E-state index in [0.29, 0.717) is 0 Å². The minimum atomic E-state index is -4.70. The van der Waals surface area contributed by atoms with Crippen LogP contribution in [0.4, 0.5) is 13.2 Å². The maximum atomic E-state index is 12.6. The summed E-state index contributed by atoms with van der Waals surface area (Å²) in [6.45, 7) is -0.162. The molecule has 0 radical (unpaired) electrons. The van der Waals surface area contributed by atoms with Gasteiger partial charge < -0.3 is 9.84 Å². The van der Waals surface area contributed by atoms with E-state index in [2.05, 4.69) is 25.1 Å². The number of carbonyl (C=O) groups is 1. The Morgan fingerprint density at radius 2 is 2.26 bits per heavy atom. The highest BCUT2D eigenvalue weighted by Crippen LogP contribution is 2.30. The molecule has 102 valence electrons. The van der Waals surface area contributed by atoms with Crippen molar-refractivity contribution in [2.45, 2.75) is 12.7 Å². The van der Waals surface area contributed by atoms with Crippen LogP contribution < -0.4 is 5.32 Å². The Morgan fingerprint density at radius 1 is 1.53 bits per heavy atom. The number of nitrogens with one attached hydrogen (secondary N) is 1. The standard InChI is InChI=1S/C9H8F3N5O2/c1-17-3-5(7(16-17)9(10,11)12)8(18)13-2-6-14-4-15-19-6/h3-4H,2H2,1H3,(H,13,18). The highest BCUT2D eigenvalue weighted by atomic mass is 19.4. The monoisotopic (exact) mass is 275 g/mol.